The molecule has 1 aromatic heterocycles. The fraction of sp³-hybridized carbons (Fsp3) is 0.400. The van der Waals surface area contributed by atoms with Crippen LogP contribution in [0.5, 0.6) is 0 Å². The maximum absolute atomic E-state index is 11.1. The lowest BCUT2D eigenvalue weighted by Crippen LogP contribution is -2.33. The average Bonchev–Trinajstić information content (AvgIpc) is 2.22. The highest BCUT2D eigenvalue weighted by molar-refractivity contribution is 6.30. The van der Waals surface area contributed by atoms with Gasteiger partial charge in [-0.25, -0.2) is 4.98 Å². The SMILES string of the molecule is COC(=O)[C@@H](N)Cc1cc(C)cnc1Cl. The second-order valence-electron chi connectivity index (χ2n) is 3.30. The number of pyridine rings is 1. The van der Waals surface area contributed by atoms with Crippen LogP contribution in [0.3, 0.4) is 0 Å². The summed E-state index contributed by atoms with van der Waals surface area (Å²) >= 11 is 5.87. The van der Waals surface area contributed by atoms with E-state index in [0.717, 1.165) is 11.1 Å². The highest BCUT2D eigenvalue weighted by atomic mass is 35.5. The molecule has 1 atom stereocenters. The summed E-state index contributed by atoms with van der Waals surface area (Å²) in [5, 5.41) is 0.375. The van der Waals surface area contributed by atoms with Gasteiger partial charge in [0.05, 0.1) is 7.11 Å². The van der Waals surface area contributed by atoms with Gasteiger partial charge in [-0.15, -0.1) is 0 Å². The maximum atomic E-state index is 11.1. The van der Waals surface area contributed by atoms with Gasteiger partial charge in [0.2, 0.25) is 0 Å². The van der Waals surface area contributed by atoms with Crippen LogP contribution < -0.4 is 5.73 Å². The van der Waals surface area contributed by atoms with Crippen molar-refractivity contribution in [3.8, 4) is 0 Å². The van der Waals surface area contributed by atoms with Gasteiger partial charge >= 0.3 is 5.97 Å². The Morgan fingerprint density at radius 1 is 1.73 bits per heavy atom. The van der Waals surface area contributed by atoms with Crippen molar-refractivity contribution in [2.24, 2.45) is 5.73 Å². The van der Waals surface area contributed by atoms with Crippen molar-refractivity contribution in [1.82, 2.24) is 4.98 Å². The average molecular weight is 229 g/mol. The quantitative estimate of drug-likeness (QED) is 0.621. The van der Waals surface area contributed by atoms with E-state index < -0.39 is 12.0 Å². The van der Waals surface area contributed by atoms with Gasteiger partial charge in [-0.1, -0.05) is 17.7 Å². The van der Waals surface area contributed by atoms with E-state index in [0.29, 0.717) is 11.6 Å². The van der Waals surface area contributed by atoms with Crippen LogP contribution in [0, 0.1) is 6.92 Å². The molecule has 0 unspecified atom stereocenters. The molecule has 0 aliphatic carbocycles. The van der Waals surface area contributed by atoms with Gasteiger partial charge < -0.3 is 10.5 Å². The number of carbonyl (C=O) groups excluding carboxylic acids is 1. The molecule has 15 heavy (non-hydrogen) atoms. The number of methoxy groups -OCH3 is 1. The molecule has 2 N–H and O–H groups in total. The Hall–Kier alpha value is -1.13. The molecule has 0 aromatic carbocycles. The minimum absolute atomic E-state index is 0.334. The molecule has 82 valence electrons. The molecule has 0 bridgehead atoms. The van der Waals surface area contributed by atoms with Gasteiger partial charge in [0.1, 0.15) is 11.2 Å². The van der Waals surface area contributed by atoms with Crippen LogP contribution >= 0.6 is 11.6 Å². The molecule has 0 aliphatic rings. The summed E-state index contributed by atoms with van der Waals surface area (Å²) < 4.78 is 4.53. The second kappa shape index (κ2) is 5.09. The monoisotopic (exact) mass is 228 g/mol. The Labute approximate surface area is 93.4 Å². The topological polar surface area (TPSA) is 65.2 Å². The number of esters is 1. The first-order chi connectivity index (χ1) is 7.04. The van der Waals surface area contributed by atoms with Crippen molar-refractivity contribution < 1.29 is 9.53 Å². The summed E-state index contributed by atoms with van der Waals surface area (Å²) in [4.78, 5) is 15.1. The third kappa shape index (κ3) is 3.18. The molecule has 1 aromatic rings. The van der Waals surface area contributed by atoms with Gasteiger partial charge in [-0.2, -0.15) is 0 Å². The summed E-state index contributed by atoms with van der Waals surface area (Å²) in [6, 6.07) is 1.16. The van der Waals surface area contributed by atoms with Crippen molar-refractivity contribution >= 4 is 17.6 Å². The summed E-state index contributed by atoms with van der Waals surface area (Å²) in [5.74, 6) is -0.451. The number of halogens is 1. The van der Waals surface area contributed by atoms with E-state index in [4.69, 9.17) is 17.3 Å². The molecule has 0 spiro atoms. The Morgan fingerprint density at radius 3 is 3.00 bits per heavy atom. The smallest absolute Gasteiger partial charge is 0.322 e. The lowest BCUT2D eigenvalue weighted by atomic mass is 10.1. The number of ether oxygens (including phenoxy) is 1. The minimum atomic E-state index is -0.698. The molecule has 4 nitrogen and oxygen atoms in total. The molecule has 5 heteroatoms. The normalized spacial score (nSPS) is 12.3. The molecule has 0 saturated carbocycles. The number of nitrogens with two attached hydrogens (primary N) is 1. The molecule has 0 saturated heterocycles. The number of aryl methyl sites for hydroxylation is 1. The summed E-state index contributed by atoms with van der Waals surface area (Å²) in [7, 11) is 1.30. The van der Waals surface area contributed by atoms with Gasteiger partial charge in [0.25, 0.3) is 0 Å². The van der Waals surface area contributed by atoms with E-state index in [2.05, 4.69) is 9.72 Å². The number of aromatic nitrogens is 1. The van der Waals surface area contributed by atoms with Crippen molar-refractivity contribution in [1.29, 1.82) is 0 Å². The first kappa shape index (κ1) is 11.9. The lowest BCUT2D eigenvalue weighted by Gasteiger charge is -2.10. The van der Waals surface area contributed by atoms with Crippen LogP contribution in [0.25, 0.3) is 0 Å². The Morgan fingerprint density at radius 2 is 2.40 bits per heavy atom. The van der Waals surface area contributed by atoms with E-state index in [-0.39, 0.29) is 0 Å². The third-order valence-electron chi connectivity index (χ3n) is 1.99. The molecule has 1 rings (SSSR count). The van der Waals surface area contributed by atoms with E-state index in [1.807, 2.05) is 13.0 Å². The van der Waals surface area contributed by atoms with Crippen molar-refractivity contribution in [2.75, 3.05) is 7.11 Å². The highest BCUT2D eigenvalue weighted by Crippen LogP contribution is 2.15. The van der Waals surface area contributed by atoms with Gasteiger partial charge in [0, 0.05) is 12.6 Å². The number of carbonyl (C=O) groups is 1. The fourth-order valence-corrected chi connectivity index (χ4v) is 1.41. The molecular formula is C10H13ClN2O2. The molecule has 1 heterocycles. The van der Waals surface area contributed by atoms with Crippen molar-refractivity contribution in [3.63, 3.8) is 0 Å². The van der Waals surface area contributed by atoms with Crippen LogP contribution in [-0.2, 0) is 16.0 Å². The van der Waals surface area contributed by atoms with Gasteiger partial charge in [0.15, 0.2) is 0 Å². The largest absolute Gasteiger partial charge is 0.468 e. The predicted molar refractivity (Wildman–Crippen MR) is 57.7 cm³/mol. The summed E-state index contributed by atoms with van der Waals surface area (Å²) in [5.41, 5.74) is 7.35. The van der Waals surface area contributed by atoms with E-state index in [1.165, 1.54) is 7.11 Å². The number of hydrogen-bond acceptors (Lipinski definition) is 4. The first-order valence-corrected chi connectivity index (χ1v) is 4.87. The van der Waals surface area contributed by atoms with E-state index >= 15 is 0 Å². The molecule has 0 radical (unpaired) electrons. The van der Waals surface area contributed by atoms with E-state index in [1.54, 1.807) is 6.20 Å². The molecular weight excluding hydrogens is 216 g/mol. The second-order valence-corrected chi connectivity index (χ2v) is 3.65. The molecule has 0 fully saturated rings. The zero-order chi connectivity index (χ0) is 11.4. The first-order valence-electron chi connectivity index (χ1n) is 4.49. The number of hydrogen-bond donors (Lipinski definition) is 1. The maximum Gasteiger partial charge on any atom is 0.322 e. The Bertz CT molecular complexity index is 368. The predicted octanol–water partition coefficient (Wildman–Crippen LogP) is 1.09. The Balaban J connectivity index is 2.80. The van der Waals surface area contributed by atoms with Crippen molar-refractivity contribution in [3.05, 3.63) is 28.5 Å². The van der Waals surface area contributed by atoms with Crippen LogP contribution in [0.4, 0.5) is 0 Å². The Kier molecular flexibility index (Phi) is 4.05. The summed E-state index contributed by atoms with van der Waals surface area (Å²) in [6.45, 7) is 1.90. The molecule has 0 amide bonds. The number of rotatable bonds is 3. The number of nitrogens with zero attached hydrogens (tertiary/aromatic N) is 1. The fourth-order valence-electron chi connectivity index (χ4n) is 1.23. The minimum Gasteiger partial charge on any atom is -0.468 e. The highest BCUT2D eigenvalue weighted by Gasteiger charge is 2.16. The van der Waals surface area contributed by atoms with Gasteiger partial charge in [-0.3, -0.25) is 4.79 Å². The van der Waals surface area contributed by atoms with Gasteiger partial charge in [-0.05, 0) is 18.1 Å². The standard InChI is InChI=1S/C10H13ClN2O2/c1-6-3-7(9(11)13-5-6)4-8(12)10(14)15-2/h3,5,8H,4,12H2,1-2H3/t8-/m0/s1. The van der Waals surface area contributed by atoms with E-state index in [9.17, 15) is 4.79 Å². The zero-order valence-electron chi connectivity index (χ0n) is 8.66. The van der Waals surface area contributed by atoms with Crippen LogP contribution in [0.2, 0.25) is 5.15 Å². The van der Waals surface area contributed by atoms with Crippen molar-refractivity contribution in [2.45, 2.75) is 19.4 Å². The van der Waals surface area contributed by atoms with Crippen LogP contribution in [0.15, 0.2) is 12.3 Å². The lowest BCUT2D eigenvalue weighted by molar-refractivity contribution is -0.142. The van der Waals surface area contributed by atoms with Crippen LogP contribution in [-0.4, -0.2) is 24.1 Å². The zero-order valence-corrected chi connectivity index (χ0v) is 9.41. The third-order valence-corrected chi connectivity index (χ3v) is 2.33. The molecule has 0 aliphatic heterocycles. The van der Waals surface area contributed by atoms with Crippen LogP contribution in [0.1, 0.15) is 11.1 Å². The summed E-state index contributed by atoms with van der Waals surface area (Å²) in [6.07, 6.45) is 2.00.